The normalized spacial score (nSPS) is 41.8. The summed E-state index contributed by atoms with van der Waals surface area (Å²) in [5.41, 5.74) is 0.279. The third kappa shape index (κ3) is 1.90. The van der Waals surface area contributed by atoms with Gasteiger partial charge in [0.1, 0.15) is 5.60 Å². The van der Waals surface area contributed by atoms with Gasteiger partial charge in [0.05, 0.1) is 0 Å². The van der Waals surface area contributed by atoms with E-state index < -0.39 is 0 Å². The largest absolute Gasteiger partial charge is 0.456 e. The van der Waals surface area contributed by atoms with Crippen molar-refractivity contribution in [1.82, 2.24) is 0 Å². The van der Waals surface area contributed by atoms with Crippen LogP contribution in [0.3, 0.4) is 0 Å². The molecule has 0 heterocycles. The van der Waals surface area contributed by atoms with Crippen LogP contribution in [-0.4, -0.2) is 11.6 Å². The van der Waals surface area contributed by atoms with E-state index >= 15 is 0 Å². The van der Waals surface area contributed by atoms with Gasteiger partial charge in [-0.25, -0.2) is 4.79 Å². The van der Waals surface area contributed by atoms with Gasteiger partial charge in [-0.05, 0) is 51.4 Å². The number of ether oxygens (including phenoxy) is 1. The lowest BCUT2D eigenvalue weighted by molar-refractivity contribution is -0.157. The van der Waals surface area contributed by atoms with Gasteiger partial charge in [0.15, 0.2) is 0 Å². The molecular formula is C14H22O2. The second-order valence-corrected chi connectivity index (χ2v) is 5.96. The zero-order valence-electron chi connectivity index (χ0n) is 10.6. The Morgan fingerprint density at radius 3 is 2.75 bits per heavy atom. The molecule has 16 heavy (non-hydrogen) atoms. The number of hydrogen-bond donors (Lipinski definition) is 0. The van der Waals surface area contributed by atoms with Crippen molar-refractivity contribution < 1.29 is 9.53 Å². The number of rotatable bonds is 2. The molecule has 2 heteroatoms. The highest BCUT2D eigenvalue weighted by Gasteiger charge is 2.51. The van der Waals surface area contributed by atoms with Crippen LogP contribution in [-0.2, 0) is 9.53 Å². The maximum atomic E-state index is 11.7. The molecule has 0 spiro atoms. The smallest absolute Gasteiger partial charge is 0.333 e. The summed E-state index contributed by atoms with van der Waals surface area (Å²) < 4.78 is 5.68. The van der Waals surface area contributed by atoms with Gasteiger partial charge in [-0.3, -0.25) is 0 Å². The second kappa shape index (κ2) is 3.90. The van der Waals surface area contributed by atoms with Gasteiger partial charge in [0.25, 0.3) is 0 Å². The quantitative estimate of drug-likeness (QED) is 0.529. The monoisotopic (exact) mass is 222 g/mol. The first kappa shape index (κ1) is 11.7. The Bertz CT molecular complexity index is 321. The Labute approximate surface area is 98.1 Å². The molecule has 0 radical (unpaired) electrons. The Balaban J connectivity index is 2.08. The third-order valence-electron chi connectivity index (χ3n) is 4.40. The van der Waals surface area contributed by atoms with E-state index in [0.717, 1.165) is 18.3 Å². The fraction of sp³-hybridized carbons (Fsp3) is 0.786. The highest BCUT2D eigenvalue weighted by Crippen LogP contribution is 2.53. The zero-order valence-corrected chi connectivity index (χ0v) is 10.6. The van der Waals surface area contributed by atoms with Crippen LogP contribution in [0.5, 0.6) is 0 Å². The highest BCUT2D eigenvalue weighted by atomic mass is 16.6. The van der Waals surface area contributed by atoms with Gasteiger partial charge in [-0.15, -0.1) is 0 Å². The first-order chi connectivity index (χ1) is 7.42. The molecule has 0 amide bonds. The topological polar surface area (TPSA) is 26.3 Å². The van der Waals surface area contributed by atoms with Crippen molar-refractivity contribution in [3.05, 3.63) is 12.2 Å². The van der Waals surface area contributed by atoms with Crippen LogP contribution in [0.15, 0.2) is 12.2 Å². The summed E-state index contributed by atoms with van der Waals surface area (Å²) in [6.07, 6.45) is 4.76. The lowest BCUT2D eigenvalue weighted by Gasteiger charge is -2.31. The summed E-state index contributed by atoms with van der Waals surface area (Å²) in [7, 11) is 0. The predicted molar refractivity (Wildman–Crippen MR) is 63.9 cm³/mol. The average Bonchev–Trinajstić information content (AvgIpc) is 2.67. The van der Waals surface area contributed by atoms with Crippen LogP contribution in [0.1, 0.15) is 46.5 Å². The van der Waals surface area contributed by atoms with Crippen LogP contribution < -0.4 is 0 Å². The Morgan fingerprint density at radius 2 is 2.12 bits per heavy atom. The van der Waals surface area contributed by atoms with Gasteiger partial charge in [-0.2, -0.15) is 0 Å². The number of fused-ring (bicyclic) bond motifs is 1. The number of esters is 1. The number of carbonyl (C=O) groups excluding carboxylic acids is 1. The summed E-state index contributed by atoms with van der Waals surface area (Å²) in [5.74, 6) is 1.92. The molecule has 0 bridgehead atoms. The van der Waals surface area contributed by atoms with Gasteiger partial charge < -0.3 is 4.74 Å². The van der Waals surface area contributed by atoms with E-state index in [1.54, 1.807) is 6.92 Å². The van der Waals surface area contributed by atoms with E-state index in [2.05, 4.69) is 20.4 Å². The second-order valence-electron chi connectivity index (χ2n) is 5.96. The molecule has 2 fully saturated rings. The molecule has 0 aromatic heterocycles. The number of carbonyl (C=O) groups is 1. The van der Waals surface area contributed by atoms with Crippen LogP contribution in [0.4, 0.5) is 0 Å². The lowest BCUT2D eigenvalue weighted by atomic mass is 9.88. The van der Waals surface area contributed by atoms with Crippen LogP contribution in [0, 0.1) is 17.8 Å². The van der Waals surface area contributed by atoms with Crippen LogP contribution in [0.2, 0.25) is 0 Å². The van der Waals surface area contributed by atoms with Crippen molar-refractivity contribution in [1.29, 1.82) is 0 Å². The molecule has 2 aliphatic rings. The van der Waals surface area contributed by atoms with E-state index in [4.69, 9.17) is 4.74 Å². The SMILES string of the molecule is C=C(C)C(=O)OC1(C)CCC2CC(C)CC21. The molecule has 2 nitrogen and oxygen atoms in total. The molecule has 0 aromatic rings. The zero-order chi connectivity index (χ0) is 11.9. The maximum Gasteiger partial charge on any atom is 0.333 e. The maximum absolute atomic E-state index is 11.7. The van der Waals surface area contributed by atoms with Crippen molar-refractivity contribution in [2.45, 2.75) is 52.1 Å². The van der Waals surface area contributed by atoms with E-state index in [1.165, 1.54) is 19.3 Å². The Hall–Kier alpha value is -0.790. The average molecular weight is 222 g/mol. The van der Waals surface area contributed by atoms with E-state index in [0.29, 0.717) is 11.5 Å². The van der Waals surface area contributed by atoms with Crippen molar-refractivity contribution in [2.75, 3.05) is 0 Å². The Morgan fingerprint density at radius 1 is 1.44 bits per heavy atom. The molecule has 2 rings (SSSR count). The first-order valence-corrected chi connectivity index (χ1v) is 6.31. The van der Waals surface area contributed by atoms with Crippen molar-refractivity contribution >= 4 is 5.97 Å². The minimum absolute atomic E-state index is 0.220. The fourth-order valence-electron chi connectivity index (χ4n) is 3.55. The van der Waals surface area contributed by atoms with Gasteiger partial charge in [0.2, 0.25) is 0 Å². The third-order valence-corrected chi connectivity index (χ3v) is 4.40. The molecule has 0 saturated heterocycles. The lowest BCUT2D eigenvalue weighted by Crippen LogP contribution is -2.36. The van der Waals surface area contributed by atoms with Crippen LogP contribution >= 0.6 is 0 Å². The van der Waals surface area contributed by atoms with Crippen molar-refractivity contribution in [3.63, 3.8) is 0 Å². The molecule has 0 N–H and O–H groups in total. The summed E-state index contributed by atoms with van der Waals surface area (Å²) in [6, 6.07) is 0. The summed E-state index contributed by atoms with van der Waals surface area (Å²) in [6.45, 7) is 9.78. The van der Waals surface area contributed by atoms with Gasteiger partial charge >= 0.3 is 5.97 Å². The molecule has 2 saturated carbocycles. The first-order valence-electron chi connectivity index (χ1n) is 6.31. The molecule has 4 atom stereocenters. The predicted octanol–water partition coefficient (Wildman–Crippen LogP) is 3.32. The molecule has 2 aliphatic carbocycles. The standard InChI is InChI=1S/C14H22O2/c1-9(2)13(15)16-14(4)6-5-11-7-10(3)8-12(11)14/h10-12H,1,5-8H2,2-4H3. The summed E-state index contributed by atoms with van der Waals surface area (Å²) in [5, 5.41) is 0. The molecule has 0 aliphatic heterocycles. The molecular weight excluding hydrogens is 200 g/mol. The minimum atomic E-state index is -0.231. The van der Waals surface area contributed by atoms with Gasteiger partial charge in [-0.1, -0.05) is 13.5 Å². The summed E-state index contributed by atoms with van der Waals surface area (Å²) in [4.78, 5) is 11.7. The summed E-state index contributed by atoms with van der Waals surface area (Å²) >= 11 is 0. The Kier molecular flexibility index (Phi) is 2.85. The highest BCUT2D eigenvalue weighted by molar-refractivity contribution is 5.87. The molecule has 0 aromatic carbocycles. The number of hydrogen-bond acceptors (Lipinski definition) is 2. The van der Waals surface area contributed by atoms with E-state index in [9.17, 15) is 4.79 Å². The molecule has 4 unspecified atom stereocenters. The van der Waals surface area contributed by atoms with Gasteiger partial charge in [0, 0.05) is 11.5 Å². The van der Waals surface area contributed by atoms with E-state index in [-0.39, 0.29) is 11.6 Å². The van der Waals surface area contributed by atoms with Crippen LogP contribution in [0.25, 0.3) is 0 Å². The molecule has 90 valence electrons. The van der Waals surface area contributed by atoms with Crippen molar-refractivity contribution in [3.8, 4) is 0 Å². The minimum Gasteiger partial charge on any atom is -0.456 e. The van der Waals surface area contributed by atoms with Crippen molar-refractivity contribution in [2.24, 2.45) is 17.8 Å². The van der Waals surface area contributed by atoms with E-state index in [1.807, 2.05) is 0 Å². The fourth-order valence-corrected chi connectivity index (χ4v) is 3.55.